The number of para-hydroxylation sites is 1. The number of hydrogen-bond acceptors (Lipinski definition) is 5. The second kappa shape index (κ2) is 6.44. The third-order valence-electron chi connectivity index (χ3n) is 3.27. The highest BCUT2D eigenvalue weighted by molar-refractivity contribution is 7.99. The third-order valence-corrected chi connectivity index (χ3v) is 4.48. The van der Waals surface area contributed by atoms with Gasteiger partial charge in [-0.15, -0.1) is 0 Å². The number of Topliss-reactive ketones (excluding diaryl/α,β-unsaturated/α-hetero) is 1. The van der Waals surface area contributed by atoms with Crippen molar-refractivity contribution in [2.45, 2.75) is 5.16 Å². The molecule has 0 saturated heterocycles. The highest BCUT2D eigenvalue weighted by Crippen LogP contribution is 2.18. The number of nitrogens with two attached hydrogens (primary N) is 1. The Labute approximate surface area is 141 Å². The predicted octanol–water partition coefficient (Wildman–Crippen LogP) is 2.74. The molecule has 0 aliphatic carbocycles. The van der Waals surface area contributed by atoms with Crippen molar-refractivity contribution in [3.05, 3.63) is 69.5 Å². The van der Waals surface area contributed by atoms with Crippen LogP contribution in [0.2, 0.25) is 5.02 Å². The molecular weight excluding hydrogens is 334 g/mol. The molecule has 7 heteroatoms. The van der Waals surface area contributed by atoms with Crippen LogP contribution in [0.4, 0.5) is 0 Å². The summed E-state index contributed by atoms with van der Waals surface area (Å²) in [5, 5.41) is 1.32. The topological polar surface area (TPSA) is 78.0 Å². The van der Waals surface area contributed by atoms with Crippen LogP contribution in [0, 0.1) is 0 Å². The Balaban J connectivity index is 1.84. The van der Waals surface area contributed by atoms with E-state index in [1.807, 2.05) is 0 Å². The van der Waals surface area contributed by atoms with Crippen LogP contribution in [-0.2, 0) is 0 Å². The molecule has 1 aromatic heterocycles. The summed E-state index contributed by atoms with van der Waals surface area (Å²) >= 11 is 6.93. The Kier molecular flexibility index (Phi) is 4.36. The minimum absolute atomic E-state index is 0.0888. The van der Waals surface area contributed by atoms with E-state index in [-0.39, 0.29) is 17.1 Å². The molecule has 2 aromatic carbocycles. The summed E-state index contributed by atoms with van der Waals surface area (Å²) in [6.45, 7) is 0. The summed E-state index contributed by atoms with van der Waals surface area (Å²) in [4.78, 5) is 28.7. The highest BCUT2D eigenvalue weighted by atomic mass is 35.5. The van der Waals surface area contributed by atoms with Gasteiger partial charge < -0.3 is 5.84 Å². The van der Waals surface area contributed by atoms with Gasteiger partial charge >= 0.3 is 0 Å². The second-order valence-corrected chi connectivity index (χ2v) is 6.18. The van der Waals surface area contributed by atoms with Crippen LogP contribution in [0.1, 0.15) is 10.4 Å². The summed E-state index contributed by atoms with van der Waals surface area (Å²) in [5.41, 5.74) is 0.770. The van der Waals surface area contributed by atoms with E-state index in [1.165, 1.54) is 0 Å². The van der Waals surface area contributed by atoms with Crippen LogP contribution >= 0.6 is 23.4 Å². The van der Waals surface area contributed by atoms with Gasteiger partial charge in [0.15, 0.2) is 10.9 Å². The number of carbonyl (C=O) groups is 1. The molecule has 0 unspecified atom stereocenters. The fraction of sp³-hybridized carbons (Fsp3) is 0.0625. The van der Waals surface area contributed by atoms with E-state index in [9.17, 15) is 9.59 Å². The van der Waals surface area contributed by atoms with Crippen LogP contribution in [0.15, 0.2) is 58.5 Å². The monoisotopic (exact) mass is 345 g/mol. The van der Waals surface area contributed by atoms with Crippen molar-refractivity contribution in [1.29, 1.82) is 0 Å². The number of hydrogen-bond donors (Lipinski definition) is 1. The number of benzene rings is 2. The molecule has 23 heavy (non-hydrogen) atoms. The summed E-state index contributed by atoms with van der Waals surface area (Å²) in [7, 11) is 0. The molecule has 0 radical (unpaired) electrons. The number of nitrogens with zero attached hydrogens (tertiary/aromatic N) is 2. The van der Waals surface area contributed by atoms with Crippen molar-refractivity contribution in [1.82, 2.24) is 9.66 Å². The van der Waals surface area contributed by atoms with Crippen molar-refractivity contribution in [2.24, 2.45) is 0 Å². The van der Waals surface area contributed by atoms with E-state index in [1.54, 1.807) is 48.5 Å². The Morgan fingerprint density at radius 3 is 2.61 bits per heavy atom. The van der Waals surface area contributed by atoms with E-state index < -0.39 is 0 Å². The first-order chi connectivity index (χ1) is 11.1. The number of aromatic nitrogens is 2. The normalized spacial score (nSPS) is 10.8. The average Bonchev–Trinajstić information content (AvgIpc) is 2.57. The molecule has 0 spiro atoms. The van der Waals surface area contributed by atoms with Crippen LogP contribution in [0.3, 0.4) is 0 Å². The first-order valence-corrected chi connectivity index (χ1v) is 8.11. The van der Waals surface area contributed by atoms with Crippen LogP contribution in [-0.4, -0.2) is 21.2 Å². The Bertz CT molecular complexity index is 938. The molecule has 0 aliphatic heterocycles. The zero-order valence-electron chi connectivity index (χ0n) is 11.9. The van der Waals surface area contributed by atoms with Crippen molar-refractivity contribution < 1.29 is 4.79 Å². The number of fused-ring (bicyclic) bond motifs is 1. The maximum atomic E-state index is 12.2. The van der Waals surface area contributed by atoms with Gasteiger partial charge in [-0.25, -0.2) is 9.66 Å². The summed E-state index contributed by atoms with van der Waals surface area (Å²) < 4.78 is 0.974. The Morgan fingerprint density at radius 2 is 1.87 bits per heavy atom. The van der Waals surface area contributed by atoms with Crippen LogP contribution in [0.25, 0.3) is 10.9 Å². The SMILES string of the molecule is Nn1c(SCC(=O)c2ccc(Cl)cc2)nc2ccccc2c1=O. The van der Waals surface area contributed by atoms with Crippen molar-refractivity contribution in [3.63, 3.8) is 0 Å². The Morgan fingerprint density at radius 1 is 1.17 bits per heavy atom. The number of nitrogen functional groups attached to an aromatic ring is 1. The van der Waals surface area contributed by atoms with Gasteiger partial charge in [0.05, 0.1) is 16.7 Å². The van der Waals surface area contributed by atoms with Gasteiger partial charge in [-0.1, -0.05) is 35.5 Å². The lowest BCUT2D eigenvalue weighted by molar-refractivity contribution is 0.102. The summed E-state index contributed by atoms with van der Waals surface area (Å²) in [6, 6.07) is 13.6. The molecule has 0 saturated carbocycles. The average molecular weight is 346 g/mol. The molecule has 3 aromatic rings. The molecule has 0 amide bonds. The molecule has 0 aliphatic rings. The van der Waals surface area contributed by atoms with Crippen LogP contribution in [0.5, 0.6) is 0 Å². The minimum atomic E-state index is -0.336. The molecule has 3 rings (SSSR count). The van der Waals surface area contributed by atoms with E-state index >= 15 is 0 Å². The van der Waals surface area contributed by atoms with Crippen molar-refractivity contribution in [2.75, 3.05) is 11.6 Å². The smallest absolute Gasteiger partial charge is 0.280 e. The molecule has 0 bridgehead atoms. The van der Waals surface area contributed by atoms with E-state index in [4.69, 9.17) is 17.4 Å². The predicted molar refractivity (Wildman–Crippen MR) is 92.7 cm³/mol. The molecule has 0 fully saturated rings. The molecule has 5 nitrogen and oxygen atoms in total. The number of thioether (sulfide) groups is 1. The third kappa shape index (κ3) is 3.23. The molecule has 116 valence electrons. The van der Waals surface area contributed by atoms with E-state index in [2.05, 4.69) is 4.98 Å². The Hall–Kier alpha value is -2.31. The van der Waals surface area contributed by atoms with Gasteiger partial charge in [0.25, 0.3) is 5.56 Å². The number of carbonyl (C=O) groups excluding carboxylic acids is 1. The lowest BCUT2D eigenvalue weighted by atomic mass is 10.1. The molecule has 0 atom stereocenters. The van der Waals surface area contributed by atoms with Gasteiger partial charge in [0.1, 0.15) is 0 Å². The second-order valence-electron chi connectivity index (χ2n) is 4.81. The fourth-order valence-electron chi connectivity index (χ4n) is 2.08. The first kappa shape index (κ1) is 15.6. The van der Waals surface area contributed by atoms with Crippen LogP contribution < -0.4 is 11.4 Å². The maximum absolute atomic E-state index is 12.2. The lowest BCUT2D eigenvalue weighted by Gasteiger charge is -2.08. The zero-order chi connectivity index (χ0) is 16.4. The molecule has 1 heterocycles. The number of rotatable bonds is 4. The van der Waals surface area contributed by atoms with Gasteiger partial charge in [-0.3, -0.25) is 9.59 Å². The standard InChI is InChI=1S/C16H12ClN3O2S/c17-11-7-5-10(6-8-11)14(21)9-23-16-19-13-4-2-1-3-12(13)15(22)20(16)18/h1-8H,9,18H2. The fourth-order valence-corrected chi connectivity index (χ4v) is 3.01. The zero-order valence-corrected chi connectivity index (χ0v) is 13.5. The van der Waals surface area contributed by atoms with E-state index in [0.29, 0.717) is 26.6 Å². The summed E-state index contributed by atoms with van der Waals surface area (Å²) in [5.74, 6) is 5.83. The largest absolute Gasteiger partial charge is 0.334 e. The van der Waals surface area contributed by atoms with Gasteiger partial charge in [-0.05, 0) is 36.4 Å². The number of ketones is 1. The lowest BCUT2D eigenvalue weighted by Crippen LogP contribution is -2.30. The number of halogens is 1. The minimum Gasteiger partial charge on any atom is -0.334 e. The van der Waals surface area contributed by atoms with Crippen molar-refractivity contribution in [3.8, 4) is 0 Å². The van der Waals surface area contributed by atoms with Gasteiger partial charge in [0.2, 0.25) is 0 Å². The molecule has 2 N–H and O–H groups in total. The van der Waals surface area contributed by atoms with Gasteiger partial charge in [0, 0.05) is 10.6 Å². The molecular formula is C16H12ClN3O2S. The van der Waals surface area contributed by atoms with Crippen molar-refractivity contribution >= 4 is 40.0 Å². The maximum Gasteiger partial charge on any atom is 0.280 e. The summed E-state index contributed by atoms with van der Waals surface area (Å²) in [6.07, 6.45) is 0. The van der Waals surface area contributed by atoms with Gasteiger partial charge in [-0.2, -0.15) is 0 Å². The first-order valence-electron chi connectivity index (χ1n) is 6.74. The highest BCUT2D eigenvalue weighted by Gasteiger charge is 2.12. The quantitative estimate of drug-likeness (QED) is 0.340. The van der Waals surface area contributed by atoms with E-state index in [0.717, 1.165) is 16.4 Å².